The molecule has 0 aromatic heterocycles. The van der Waals surface area contributed by atoms with Crippen LogP contribution in [-0.2, 0) is 4.79 Å². The first-order chi connectivity index (χ1) is 7.56. The molecule has 0 aliphatic carbocycles. The smallest absolute Gasteiger partial charge is 0.314 e. The number of hydrogen-bond donors (Lipinski definition) is 2. The van der Waals surface area contributed by atoms with Gasteiger partial charge >= 0.3 is 6.03 Å². The van der Waals surface area contributed by atoms with Gasteiger partial charge in [-0.1, -0.05) is 0 Å². The van der Waals surface area contributed by atoms with Gasteiger partial charge in [0.15, 0.2) is 0 Å². The van der Waals surface area contributed by atoms with Crippen LogP contribution in [0.15, 0.2) is 0 Å². The number of hydrogen-bond acceptors (Lipinski definition) is 3. The molecule has 2 heterocycles. The number of nitrogens with one attached hydrogen (secondary N) is 1. The first-order valence-electron chi connectivity index (χ1n) is 5.60. The summed E-state index contributed by atoms with van der Waals surface area (Å²) >= 11 is 0. The summed E-state index contributed by atoms with van der Waals surface area (Å²) in [5.41, 5.74) is 4.80. The number of amides is 3. The van der Waals surface area contributed by atoms with E-state index >= 15 is 0 Å². The predicted octanol–water partition coefficient (Wildman–Crippen LogP) is -1.04. The van der Waals surface area contributed by atoms with Gasteiger partial charge in [-0.05, 0) is 19.9 Å². The first-order valence-corrected chi connectivity index (χ1v) is 5.60. The van der Waals surface area contributed by atoms with Crippen molar-refractivity contribution in [1.29, 1.82) is 0 Å². The van der Waals surface area contributed by atoms with E-state index in [9.17, 15) is 9.59 Å². The molecule has 0 radical (unpaired) electrons. The number of primary amides is 1. The highest BCUT2D eigenvalue weighted by molar-refractivity contribution is 5.87. The van der Waals surface area contributed by atoms with Gasteiger partial charge in [-0.3, -0.25) is 9.69 Å². The topological polar surface area (TPSA) is 78.7 Å². The fourth-order valence-corrected chi connectivity index (χ4v) is 2.59. The Morgan fingerprint density at radius 1 is 1.38 bits per heavy atom. The highest BCUT2D eigenvalue weighted by Crippen LogP contribution is 2.29. The van der Waals surface area contributed by atoms with Gasteiger partial charge < -0.3 is 16.0 Å². The van der Waals surface area contributed by atoms with Gasteiger partial charge in [-0.25, -0.2) is 4.79 Å². The largest absolute Gasteiger partial charge is 0.353 e. The van der Waals surface area contributed by atoms with Crippen molar-refractivity contribution in [3.63, 3.8) is 0 Å². The van der Waals surface area contributed by atoms with E-state index in [1.165, 1.54) is 0 Å². The zero-order chi connectivity index (χ0) is 11.8. The lowest BCUT2D eigenvalue weighted by molar-refractivity contribution is -0.139. The lowest BCUT2D eigenvalue weighted by Gasteiger charge is -2.48. The number of piperazine rings is 1. The molecule has 16 heavy (non-hydrogen) atoms. The minimum Gasteiger partial charge on any atom is -0.353 e. The quantitative estimate of drug-likeness (QED) is 0.554. The fourth-order valence-electron chi connectivity index (χ4n) is 2.59. The van der Waals surface area contributed by atoms with Crippen LogP contribution in [0.2, 0.25) is 0 Å². The average molecular weight is 226 g/mol. The van der Waals surface area contributed by atoms with Gasteiger partial charge in [0.1, 0.15) is 5.54 Å². The summed E-state index contributed by atoms with van der Waals surface area (Å²) in [5.74, 6) is 0.0883. The number of piperidine rings is 1. The highest BCUT2D eigenvalue weighted by atomic mass is 16.2. The van der Waals surface area contributed by atoms with Crippen LogP contribution in [0.5, 0.6) is 0 Å². The summed E-state index contributed by atoms with van der Waals surface area (Å²) in [6, 6.07) is -0.395. The second-order valence-corrected chi connectivity index (χ2v) is 4.53. The van der Waals surface area contributed by atoms with E-state index in [1.807, 2.05) is 7.05 Å². The maximum atomic E-state index is 12.0. The SMILES string of the molecule is CN1CCNC(=O)C12CCN(C(N)=O)CC2. The Morgan fingerprint density at radius 3 is 2.50 bits per heavy atom. The number of carbonyl (C=O) groups is 2. The van der Waals surface area contributed by atoms with Crippen molar-refractivity contribution < 1.29 is 9.59 Å². The van der Waals surface area contributed by atoms with Crippen LogP contribution in [0.3, 0.4) is 0 Å². The van der Waals surface area contributed by atoms with Crippen LogP contribution < -0.4 is 11.1 Å². The molecule has 2 rings (SSSR count). The van der Waals surface area contributed by atoms with E-state index in [1.54, 1.807) is 4.90 Å². The Labute approximate surface area is 94.7 Å². The third kappa shape index (κ3) is 1.63. The van der Waals surface area contributed by atoms with Crippen LogP contribution in [0.25, 0.3) is 0 Å². The third-order valence-corrected chi connectivity index (χ3v) is 3.79. The van der Waals surface area contributed by atoms with Crippen LogP contribution >= 0.6 is 0 Å². The number of rotatable bonds is 0. The summed E-state index contributed by atoms with van der Waals surface area (Å²) < 4.78 is 0. The first kappa shape index (κ1) is 11.2. The van der Waals surface area contributed by atoms with Gasteiger partial charge in [0.05, 0.1) is 0 Å². The van der Waals surface area contributed by atoms with E-state index in [-0.39, 0.29) is 5.91 Å². The summed E-state index contributed by atoms with van der Waals surface area (Å²) in [4.78, 5) is 26.7. The summed E-state index contributed by atoms with van der Waals surface area (Å²) in [6.07, 6.45) is 1.33. The number of likely N-dealkylation sites (tertiary alicyclic amines) is 1. The second kappa shape index (κ2) is 3.93. The molecule has 0 unspecified atom stereocenters. The molecule has 2 aliphatic heterocycles. The zero-order valence-electron chi connectivity index (χ0n) is 9.53. The van der Waals surface area contributed by atoms with Crippen LogP contribution in [0.1, 0.15) is 12.8 Å². The van der Waals surface area contributed by atoms with E-state index in [2.05, 4.69) is 10.2 Å². The van der Waals surface area contributed by atoms with Crippen LogP contribution in [0, 0.1) is 0 Å². The van der Waals surface area contributed by atoms with Crippen molar-refractivity contribution in [2.24, 2.45) is 5.73 Å². The monoisotopic (exact) mass is 226 g/mol. The lowest BCUT2D eigenvalue weighted by atomic mass is 9.83. The van der Waals surface area contributed by atoms with Gasteiger partial charge in [0, 0.05) is 26.2 Å². The normalized spacial score (nSPS) is 25.6. The molecule has 90 valence electrons. The van der Waals surface area contributed by atoms with Crippen molar-refractivity contribution in [2.45, 2.75) is 18.4 Å². The molecule has 0 aromatic carbocycles. The molecule has 3 amide bonds. The Bertz CT molecular complexity index is 310. The van der Waals surface area contributed by atoms with E-state index in [0.717, 1.165) is 6.54 Å². The highest BCUT2D eigenvalue weighted by Gasteiger charge is 2.46. The van der Waals surface area contributed by atoms with E-state index in [4.69, 9.17) is 5.73 Å². The summed E-state index contributed by atoms with van der Waals surface area (Å²) in [7, 11) is 1.97. The molecular formula is C10H18N4O2. The molecule has 0 saturated carbocycles. The van der Waals surface area contributed by atoms with Crippen molar-refractivity contribution in [1.82, 2.24) is 15.1 Å². The van der Waals surface area contributed by atoms with Crippen molar-refractivity contribution in [3.05, 3.63) is 0 Å². The maximum Gasteiger partial charge on any atom is 0.314 e. The second-order valence-electron chi connectivity index (χ2n) is 4.53. The molecule has 0 atom stereocenters. The van der Waals surface area contributed by atoms with Crippen molar-refractivity contribution >= 4 is 11.9 Å². The molecule has 0 bridgehead atoms. The Morgan fingerprint density at radius 2 is 2.00 bits per heavy atom. The van der Waals surface area contributed by atoms with Gasteiger partial charge in [0.2, 0.25) is 5.91 Å². The lowest BCUT2D eigenvalue weighted by Crippen LogP contribution is -2.67. The fraction of sp³-hybridized carbons (Fsp3) is 0.800. The Hall–Kier alpha value is -1.30. The number of nitrogens with zero attached hydrogens (tertiary/aromatic N) is 2. The van der Waals surface area contributed by atoms with Crippen molar-refractivity contribution in [3.8, 4) is 0 Å². The van der Waals surface area contributed by atoms with Gasteiger partial charge in [0.25, 0.3) is 0 Å². The number of carbonyl (C=O) groups excluding carboxylic acids is 2. The molecule has 1 spiro atoms. The maximum absolute atomic E-state index is 12.0. The molecule has 6 heteroatoms. The summed E-state index contributed by atoms with van der Waals surface area (Å²) in [5, 5.41) is 2.90. The number of likely N-dealkylation sites (N-methyl/N-ethyl adjacent to an activating group) is 1. The standard InChI is InChI=1S/C10H18N4O2/c1-13-7-4-12-8(15)10(13)2-5-14(6-3-10)9(11)16/h2-7H2,1H3,(H2,11,16)(H,12,15). The molecule has 2 aliphatic rings. The van der Waals surface area contributed by atoms with E-state index < -0.39 is 11.6 Å². The molecule has 2 saturated heterocycles. The molecule has 0 aromatic rings. The van der Waals surface area contributed by atoms with E-state index in [0.29, 0.717) is 32.5 Å². The minimum absolute atomic E-state index is 0.0883. The van der Waals surface area contributed by atoms with Crippen LogP contribution in [0.4, 0.5) is 4.79 Å². The zero-order valence-corrected chi connectivity index (χ0v) is 9.53. The summed E-state index contributed by atoms with van der Waals surface area (Å²) in [6.45, 7) is 2.69. The number of nitrogens with two attached hydrogens (primary N) is 1. The molecule has 3 N–H and O–H groups in total. The molecule has 6 nitrogen and oxygen atoms in total. The predicted molar refractivity (Wildman–Crippen MR) is 58.8 cm³/mol. The van der Waals surface area contributed by atoms with Crippen molar-refractivity contribution in [2.75, 3.05) is 33.2 Å². The number of urea groups is 1. The van der Waals surface area contributed by atoms with Crippen LogP contribution in [-0.4, -0.2) is 60.5 Å². The molecule has 2 fully saturated rings. The third-order valence-electron chi connectivity index (χ3n) is 3.79. The Kier molecular flexibility index (Phi) is 2.75. The average Bonchev–Trinajstić information content (AvgIpc) is 2.27. The van der Waals surface area contributed by atoms with Gasteiger partial charge in [-0.2, -0.15) is 0 Å². The molecular weight excluding hydrogens is 208 g/mol. The Balaban J connectivity index is 2.09. The van der Waals surface area contributed by atoms with Gasteiger partial charge in [-0.15, -0.1) is 0 Å². The minimum atomic E-state index is -0.426.